The number of nitrogens with one attached hydrogen (secondary N) is 1. The van der Waals surface area contributed by atoms with Crippen LogP contribution in [-0.4, -0.2) is 29.8 Å². The first-order chi connectivity index (χ1) is 15.4. The second-order valence-electron chi connectivity index (χ2n) is 7.40. The highest BCUT2D eigenvalue weighted by Crippen LogP contribution is 2.24. The number of likely N-dealkylation sites (N-methyl/N-ethyl adjacent to an activating group) is 1. The van der Waals surface area contributed by atoms with Crippen molar-refractivity contribution >= 4 is 46.6 Å². The van der Waals surface area contributed by atoms with E-state index in [1.54, 1.807) is 42.3 Å². The van der Waals surface area contributed by atoms with Gasteiger partial charge in [0.2, 0.25) is 11.8 Å². The van der Waals surface area contributed by atoms with Crippen LogP contribution in [-0.2, 0) is 29.0 Å². The number of rotatable bonds is 8. The van der Waals surface area contributed by atoms with Gasteiger partial charge in [-0.3, -0.25) is 9.59 Å². The fraction of sp³-hybridized carbons (Fsp3) is 0.200. The molecule has 0 fully saturated rings. The SMILES string of the molecule is CNC(=O)[C@H](Cc1ccccc1)N(Cc1cccc(Cl)c1)C(=O)Cc1ccc(Cl)c(Cl)c1. The highest BCUT2D eigenvalue weighted by atomic mass is 35.5. The third kappa shape index (κ3) is 6.49. The normalized spacial score (nSPS) is 11.6. The van der Waals surface area contributed by atoms with Crippen molar-refractivity contribution in [3.05, 3.63) is 105 Å². The van der Waals surface area contributed by atoms with Gasteiger partial charge in [0, 0.05) is 25.0 Å². The molecule has 0 saturated heterocycles. The number of halogens is 3. The Morgan fingerprint density at radius 1 is 0.844 bits per heavy atom. The first kappa shape index (κ1) is 24.1. The standard InChI is InChI=1S/C25H23Cl3N2O2/c1-29-25(32)23(14-17-6-3-2-4-7-17)30(16-19-8-5-9-20(26)12-19)24(31)15-18-10-11-21(27)22(28)13-18/h2-13,23H,14-16H2,1H3,(H,29,32)/t23-/m0/s1. The van der Waals surface area contributed by atoms with Crippen LogP contribution in [0.3, 0.4) is 0 Å². The smallest absolute Gasteiger partial charge is 0.242 e. The molecule has 166 valence electrons. The van der Waals surface area contributed by atoms with E-state index in [4.69, 9.17) is 34.8 Å². The molecule has 7 heteroatoms. The Balaban J connectivity index is 1.95. The Labute approximate surface area is 203 Å². The van der Waals surface area contributed by atoms with Gasteiger partial charge in [-0.15, -0.1) is 0 Å². The minimum absolute atomic E-state index is 0.0831. The van der Waals surface area contributed by atoms with Crippen LogP contribution in [0.1, 0.15) is 16.7 Å². The minimum Gasteiger partial charge on any atom is -0.357 e. The van der Waals surface area contributed by atoms with E-state index in [0.29, 0.717) is 21.5 Å². The summed E-state index contributed by atoms with van der Waals surface area (Å²) < 4.78 is 0. The molecule has 0 aliphatic carbocycles. The van der Waals surface area contributed by atoms with Gasteiger partial charge in [0.1, 0.15) is 6.04 Å². The Hall–Kier alpha value is -2.53. The zero-order chi connectivity index (χ0) is 23.1. The molecular weight excluding hydrogens is 467 g/mol. The predicted molar refractivity (Wildman–Crippen MR) is 130 cm³/mol. The predicted octanol–water partition coefficient (Wildman–Crippen LogP) is 5.58. The van der Waals surface area contributed by atoms with E-state index in [1.165, 1.54) is 0 Å². The minimum atomic E-state index is -0.698. The molecule has 3 rings (SSSR count). The largest absolute Gasteiger partial charge is 0.357 e. The number of nitrogens with zero attached hydrogens (tertiary/aromatic N) is 1. The van der Waals surface area contributed by atoms with Crippen LogP contribution in [0.5, 0.6) is 0 Å². The zero-order valence-corrected chi connectivity index (χ0v) is 19.8. The Kier molecular flexibility index (Phi) is 8.57. The number of benzene rings is 3. The van der Waals surface area contributed by atoms with Gasteiger partial charge in [-0.25, -0.2) is 0 Å². The summed E-state index contributed by atoms with van der Waals surface area (Å²) in [4.78, 5) is 28.0. The van der Waals surface area contributed by atoms with Gasteiger partial charge in [0.05, 0.1) is 16.5 Å². The fourth-order valence-electron chi connectivity index (χ4n) is 3.48. The number of carbonyl (C=O) groups excluding carboxylic acids is 2. The van der Waals surface area contributed by atoms with Crippen LogP contribution < -0.4 is 5.32 Å². The van der Waals surface area contributed by atoms with Gasteiger partial charge >= 0.3 is 0 Å². The molecule has 0 aliphatic heterocycles. The van der Waals surface area contributed by atoms with E-state index in [2.05, 4.69) is 5.32 Å². The third-order valence-corrected chi connectivity index (χ3v) is 6.07. The zero-order valence-electron chi connectivity index (χ0n) is 17.5. The number of amides is 2. The summed E-state index contributed by atoms with van der Waals surface area (Å²) >= 11 is 18.3. The van der Waals surface area contributed by atoms with E-state index in [9.17, 15) is 9.59 Å². The lowest BCUT2D eigenvalue weighted by molar-refractivity contribution is -0.140. The van der Waals surface area contributed by atoms with Crippen LogP contribution in [0.15, 0.2) is 72.8 Å². The lowest BCUT2D eigenvalue weighted by Crippen LogP contribution is -2.50. The maximum absolute atomic E-state index is 13.5. The van der Waals surface area contributed by atoms with E-state index >= 15 is 0 Å². The first-order valence-corrected chi connectivity index (χ1v) is 11.2. The summed E-state index contributed by atoms with van der Waals surface area (Å²) in [7, 11) is 1.57. The van der Waals surface area contributed by atoms with Gasteiger partial charge in [0.25, 0.3) is 0 Å². The van der Waals surface area contributed by atoms with Crippen LogP contribution >= 0.6 is 34.8 Å². The van der Waals surface area contributed by atoms with E-state index in [1.807, 2.05) is 42.5 Å². The lowest BCUT2D eigenvalue weighted by Gasteiger charge is -2.31. The number of carbonyl (C=O) groups is 2. The van der Waals surface area contributed by atoms with Crippen molar-refractivity contribution in [2.45, 2.75) is 25.4 Å². The molecule has 0 aromatic heterocycles. The van der Waals surface area contributed by atoms with E-state index < -0.39 is 6.04 Å². The molecule has 0 aliphatic rings. The van der Waals surface area contributed by atoms with Gasteiger partial charge in [0.15, 0.2) is 0 Å². The Bertz CT molecular complexity index is 1090. The topological polar surface area (TPSA) is 49.4 Å². The van der Waals surface area contributed by atoms with Crippen molar-refractivity contribution < 1.29 is 9.59 Å². The molecule has 4 nitrogen and oxygen atoms in total. The molecular formula is C25H23Cl3N2O2. The first-order valence-electron chi connectivity index (χ1n) is 10.1. The van der Waals surface area contributed by atoms with Crippen LogP contribution in [0.25, 0.3) is 0 Å². The summed E-state index contributed by atoms with van der Waals surface area (Å²) in [6, 6.07) is 21.3. The number of hydrogen-bond acceptors (Lipinski definition) is 2. The summed E-state index contributed by atoms with van der Waals surface area (Å²) in [5.41, 5.74) is 2.51. The fourth-order valence-corrected chi connectivity index (χ4v) is 4.01. The lowest BCUT2D eigenvalue weighted by atomic mass is 10.0. The molecule has 0 unspecified atom stereocenters. The second kappa shape index (κ2) is 11.4. The Morgan fingerprint density at radius 2 is 1.56 bits per heavy atom. The van der Waals surface area contributed by atoms with Crippen LogP contribution in [0, 0.1) is 0 Å². The molecule has 3 aromatic carbocycles. The van der Waals surface area contributed by atoms with Crippen molar-refractivity contribution in [3.8, 4) is 0 Å². The summed E-state index contributed by atoms with van der Waals surface area (Å²) in [5, 5.41) is 4.07. The Morgan fingerprint density at radius 3 is 2.22 bits per heavy atom. The summed E-state index contributed by atoms with van der Waals surface area (Å²) in [6.07, 6.45) is 0.466. The molecule has 3 aromatic rings. The molecule has 0 saturated carbocycles. The van der Waals surface area contributed by atoms with Crippen LogP contribution in [0.2, 0.25) is 15.1 Å². The molecule has 0 radical (unpaired) electrons. The van der Waals surface area contributed by atoms with E-state index in [0.717, 1.165) is 16.7 Å². The molecule has 2 amide bonds. The van der Waals surface area contributed by atoms with Crippen LogP contribution in [0.4, 0.5) is 0 Å². The van der Waals surface area contributed by atoms with Crippen molar-refractivity contribution in [1.29, 1.82) is 0 Å². The van der Waals surface area contributed by atoms with E-state index in [-0.39, 0.29) is 24.8 Å². The highest BCUT2D eigenvalue weighted by Gasteiger charge is 2.30. The monoisotopic (exact) mass is 488 g/mol. The van der Waals surface area contributed by atoms with Crippen molar-refractivity contribution in [1.82, 2.24) is 10.2 Å². The maximum atomic E-state index is 13.5. The quantitative estimate of drug-likeness (QED) is 0.449. The van der Waals surface area contributed by atoms with Crippen molar-refractivity contribution in [2.75, 3.05) is 7.05 Å². The van der Waals surface area contributed by atoms with Gasteiger partial charge in [-0.2, -0.15) is 0 Å². The number of hydrogen-bond donors (Lipinski definition) is 1. The van der Waals surface area contributed by atoms with Crippen molar-refractivity contribution in [3.63, 3.8) is 0 Å². The maximum Gasteiger partial charge on any atom is 0.242 e. The van der Waals surface area contributed by atoms with Gasteiger partial charge in [-0.05, 0) is 41.0 Å². The molecule has 0 spiro atoms. The third-order valence-electron chi connectivity index (χ3n) is 5.10. The molecule has 0 bridgehead atoms. The summed E-state index contributed by atoms with van der Waals surface area (Å²) in [6.45, 7) is 0.242. The molecule has 1 N–H and O–H groups in total. The average Bonchev–Trinajstić information content (AvgIpc) is 2.79. The second-order valence-corrected chi connectivity index (χ2v) is 8.65. The molecule has 1 atom stereocenters. The molecule has 32 heavy (non-hydrogen) atoms. The van der Waals surface area contributed by atoms with Gasteiger partial charge < -0.3 is 10.2 Å². The van der Waals surface area contributed by atoms with Gasteiger partial charge in [-0.1, -0.05) is 83.3 Å². The highest BCUT2D eigenvalue weighted by molar-refractivity contribution is 6.42. The molecule has 0 heterocycles. The average molecular weight is 490 g/mol. The summed E-state index contributed by atoms with van der Waals surface area (Å²) in [5.74, 6) is -0.439. The van der Waals surface area contributed by atoms with Crippen molar-refractivity contribution in [2.24, 2.45) is 0 Å².